The standard InChI is InChI=1S/C7H9F2N/c1-5-2-7(3-5,4-10)6(8)9/h5-6H,2-3H2,1H3. The van der Waals surface area contributed by atoms with Crippen LogP contribution in [0.25, 0.3) is 0 Å². The first kappa shape index (κ1) is 7.46. The van der Waals surface area contributed by atoms with Crippen LogP contribution in [-0.2, 0) is 0 Å². The number of nitrogens with zero attached hydrogens (tertiary/aromatic N) is 1. The van der Waals surface area contributed by atoms with Crippen molar-refractivity contribution < 1.29 is 8.78 Å². The molecular weight excluding hydrogens is 136 g/mol. The van der Waals surface area contributed by atoms with E-state index >= 15 is 0 Å². The van der Waals surface area contributed by atoms with E-state index in [-0.39, 0.29) is 0 Å². The number of hydrogen-bond acceptors (Lipinski definition) is 1. The second-order valence-corrected chi connectivity index (χ2v) is 3.08. The largest absolute Gasteiger partial charge is 0.257 e. The molecule has 0 aromatic rings. The van der Waals surface area contributed by atoms with Crippen molar-refractivity contribution in [3.05, 3.63) is 0 Å². The smallest absolute Gasteiger partial charge is 0.209 e. The molecule has 0 bridgehead atoms. The lowest BCUT2D eigenvalue weighted by molar-refractivity contribution is -0.0455. The first-order valence-corrected chi connectivity index (χ1v) is 3.30. The molecule has 0 aliphatic heterocycles. The van der Waals surface area contributed by atoms with Crippen LogP contribution in [0.3, 0.4) is 0 Å². The summed E-state index contributed by atoms with van der Waals surface area (Å²) < 4.78 is 24.2. The molecule has 1 aliphatic carbocycles. The van der Waals surface area contributed by atoms with Gasteiger partial charge in [-0.3, -0.25) is 0 Å². The van der Waals surface area contributed by atoms with Crippen LogP contribution < -0.4 is 0 Å². The van der Waals surface area contributed by atoms with Crippen molar-refractivity contribution in [2.75, 3.05) is 0 Å². The molecule has 0 unspecified atom stereocenters. The molecule has 0 atom stereocenters. The Bertz CT molecular complexity index is 165. The average molecular weight is 145 g/mol. The maximum absolute atomic E-state index is 12.1. The maximum atomic E-state index is 12.1. The van der Waals surface area contributed by atoms with Crippen LogP contribution in [-0.4, -0.2) is 6.43 Å². The van der Waals surface area contributed by atoms with E-state index in [1.54, 1.807) is 6.07 Å². The van der Waals surface area contributed by atoms with Crippen LogP contribution in [0.2, 0.25) is 0 Å². The van der Waals surface area contributed by atoms with Gasteiger partial charge in [0.15, 0.2) is 0 Å². The molecule has 0 spiro atoms. The van der Waals surface area contributed by atoms with Crippen LogP contribution in [0.4, 0.5) is 8.78 Å². The van der Waals surface area contributed by atoms with Crippen molar-refractivity contribution >= 4 is 0 Å². The fourth-order valence-corrected chi connectivity index (χ4v) is 1.50. The Morgan fingerprint density at radius 3 is 2.20 bits per heavy atom. The Morgan fingerprint density at radius 2 is 2.10 bits per heavy atom. The van der Waals surface area contributed by atoms with Crippen molar-refractivity contribution in [2.24, 2.45) is 11.3 Å². The molecule has 0 radical (unpaired) electrons. The van der Waals surface area contributed by atoms with E-state index < -0.39 is 11.8 Å². The number of nitriles is 1. The minimum atomic E-state index is -2.46. The van der Waals surface area contributed by atoms with Gasteiger partial charge in [0, 0.05) is 0 Å². The molecular formula is C7H9F2N. The monoisotopic (exact) mass is 145 g/mol. The van der Waals surface area contributed by atoms with Crippen LogP contribution in [0.15, 0.2) is 0 Å². The molecule has 1 rings (SSSR count). The normalized spacial score (nSPS) is 38.9. The molecule has 0 aromatic carbocycles. The van der Waals surface area contributed by atoms with Gasteiger partial charge in [-0.15, -0.1) is 0 Å². The van der Waals surface area contributed by atoms with E-state index in [2.05, 4.69) is 0 Å². The lowest BCUT2D eigenvalue weighted by atomic mass is 9.64. The lowest BCUT2D eigenvalue weighted by Gasteiger charge is -2.39. The van der Waals surface area contributed by atoms with Gasteiger partial charge in [-0.05, 0) is 18.8 Å². The van der Waals surface area contributed by atoms with E-state index in [9.17, 15) is 8.78 Å². The molecule has 0 N–H and O–H groups in total. The van der Waals surface area contributed by atoms with Crippen molar-refractivity contribution in [3.8, 4) is 6.07 Å². The van der Waals surface area contributed by atoms with Gasteiger partial charge in [-0.2, -0.15) is 5.26 Å². The van der Waals surface area contributed by atoms with Crippen LogP contribution in [0.1, 0.15) is 19.8 Å². The Kier molecular flexibility index (Phi) is 1.63. The molecule has 0 heterocycles. The van der Waals surface area contributed by atoms with Gasteiger partial charge in [0.1, 0.15) is 5.41 Å². The zero-order valence-electron chi connectivity index (χ0n) is 5.77. The molecule has 0 aromatic heterocycles. The summed E-state index contributed by atoms with van der Waals surface area (Å²) in [5.41, 5.74) is -1.29. The van der Waals surface area contributed by atoms with Gasteiger partial charge in [0.05, 0.1) is 6.07 Å². The molecule has 1 fully saturated rings. The van der Waals surface area contributed by atoms with E-state index in [0.717, 1.165) is 0 Å². The van der Waals surface area contributed by atoms with Crippen molar-refractivity contribution in [1.29, 1.82) is 5.26 Å². The topological polar surface area (TPSA) is 23.8 Å². The van der Waals surface area contributed by atoms with Gasteiger partial charge < -0.3 is 0 Å². The highest BCUT2D eigenvalue weighted by molar-refractivity contribution is 5.08. The van der Waals surface area contributed by atoms with Gasteiger partial charge in [-0.1, -0.05) is 6.92 Å². The molecule has 1 nitrogen and oxygen atoms in total. The summed E-state index contributed by atoms with van der Waals surface area (Å²) in [5, 5.41) is 8.39. The Hall–Kier alpha value is -0.650. The number of halogens is 2. The van der Waals surface area contributed by atoms with E-state index in [4.69, 9.17) is 5.26 Å². The molecule has 56 valence electrons. The van der Waals surface area contributed by atoms with Crippen LogP contribution in [0.5, 0.6) is 0 Å². The minimum absolute atomic E-state index is 0.300. The Labute approximate surface area is 58.6 Å². The summed E-state index contributed by atoms with van der Waals surface area (Å²) in [5.74, 6) is 0.300. The summed E-state index contributed by atoms with van der Waals surface area (Å²) in [7, 11) is 0. The Morgan fingerprint density at radius 1 is 1.60 bits per heavy atom. The first-order chi connectivity index (χ1) is 4.60. The highest BCUT2D eigenvalue weighted by Gasteiger charge is 2.49. The summed E-state index contributed by atoms with van der Waals surface area (Å²) in [4.78, 5) is 0. The number of alkyl halides is 2. The first-order valence-electron chi connectivity index (χ1n) is 3.30. The van der Waals surface area contributed by atoms with Gasteiger partial charge in [0.2, 0.25) is 0 Å². The predicted molar refractivity (Wildman–Crippen MR) is 32.4 cm³/mol. The third-order valence-electron chi connectivity index (χ3n) is 2.07. The SMILES string of the molecule is CC1CC(C#N)(C(F)F)C1. The van der Waals surface area contributed by atoms with Crippen molar-refractivity contribution in [2.45, 2.75) is 26.2 Å². The summed E-state index contributed by atoms with van der Waals surface area (Å²) in [6, 6.07) is 1.69. The van der Waals surface area contributed by atoms with Crippen LogP contribution >= 0.6 is 0 Å². The second kappa shape index (κ2) is 2.19. The van der Waals surface area contributed by atoms with Gasteiger partial charge in [0.25, 0.3) is 6.43 Å². The third kappa shape index (κ3) is 0.880. The number of rotatable bonds is 1. The maximum Gasteiger partial charge on any atom is 0.257 e. The van der Waals surface area contributed by atoms with Crippen LogP contribution in [0, 0.1) is 22.7 Å². The highest BCUT2D eigenvalue weighted by atomic mass is 19.3. The summed E-state index contributed by atoms with van der Waals surface area (Å²) in [6.07, 6.45) is -1.74. The lowest BCUT2D eigenvalue weighted by Crippen LogP contribution is -2.40. The second-order valence-electron chi connectivity index (χ2n) is 3.08. The van der Waals surface area contributed by atoms with Crippen molar-refractivity contribution in [3.63, 3.8) is 0 Å². The average Bonchev–Trinajstić information content (AvgIpc) is 1.79. The molecule has 0 amide bonds. The minimum Gasteiger partial charge on any atom is -0.209 e. The fourth-order valence-electron chi connectivity index (χ4n) is 1.50. The third-order valence-corrected chi connectivity index (χ3v) is 2.07. The quantitative estimate of drug-likeness (QED) is 0.554. The predicted octanol–water partition coefficient (Wildman–Crippen LogP) is 2.19. The number of hydrogen-bond donors (Lipinski definition) is 0. The van der Waals surface area contributed by atoms with Crippen molar-refractivity contribution in [1.82, 2.24) is 0 Å². The summed E-state index contributed by atoms with van der Waals surface area (Å²) in [6.45, 7) is 1.89. The van der Waals surface area contributed by atoms with E-state index in [1.165, 1.54) is 0 Å². The van der Waals surface area contributed by atoms with Gasteiger partial charge in [-0.25, -0.2) is 8.78 Å². The van der Waals surface area contributed by atoms with Gasteiger partial charge >= 0.3 is 0 Å². The summed E-state index contributed by atoms with van der Waals surface area (Å²) >= 11 is 0. The molecule has 0 saturated heterocycles. The molecule has 1 saturated carbocycles. The fraction of sp³-hybridized carbons (Fsp3) is 0.857. The zero-order chi connectivity index (χ0) is 7.78. The highest BCUT2D eigenvalue weighted by Crippen LogP contribution is 2.48. The van der Waals surface area contributed by atoms with E-state index in [0.29, 0.717) is 18.8 Å². The molecule has 1 aliphatic rings. The zero-order valence-corrected chi connectivity index (χ0v) is 5.77. The molecule has 10 heavy (non-hydrogen) atoms. The van der Waals surface area contributed by atoms with E-state index in [1.807, 2.05) is 6.92 Å². The molecule has 3 heteroatoms. The Balaban J connectivity index is 2.59.